The molecular weight excluding hydrogens is 226 g/mol. The molecule has 6 heteroatoms. The summed E-state index contributed by atoms with van der Waals surface area (Å²) in [7, 11) is 3.20. The Bertz CT molecular complexity index is 350. The van der Waals surface area contributed by atoms with Gasteiger partial charge in [0.25, 0.3) is 5.91 Å². The van der Waals surface area contributed by atoms with Gasteiger partial charge >= 0.3 is 0 Å². The second-order valence-corrected chi connectivity index (χ2v) is 4.57. The van der Waals surface area contributed by atoms with Crippen molar-refractivity contribution in [3.63, 3.8) is 0 Å². The molecule has 0 saturated carbocycles. The summed E-state index contributed by atoms with van der Waals surface area (Å²) in [5.41, 5.74) is 6.33. The lowest BCUT2D eigenvalue weighted by Gasteiger charge is -2.21. The number of methoxy groups -OCH3 is 1. The number of thiazole rings is 1. The maximum atomic E-state index is 11.8. The third-order valence-electron chi connectivity index (χ3n) is 2.22. The number of hydrogen-bond donors (Lipinski definition) is 1. The van der Waals surface area contributed by atoms with Crippen molar-refractivity contribution in [1.82, 2.24) is 9.88 Å². The zero-order chi connectivity index (χ0) is 12.1. The number of aryl methyl sites for hydroxylation is 1. The highest BCUT2D eigenvalue weighted by molar-refractivity contribution is 7.09. The largest absolute Gasteiger partial charge is 0.370 e. The molecule has 0 saturated heterocycles. The van der Waals surface area contributed by atoms with Crippen LogP contribution in [-0.4, -0.2) is 42.6 Å². The average molecular weight is 243 g/mol. The van der Waals surface area contributed by atoms with Gasteiger partial charge in [-0.05, 0) is 6.92 Å². The van der Waals surface area contributed by atoms with Crippen LogP contribution in [0.5, 0.6) is 0 Å². The molecule has 1 aromatic heterocycles. The van der Waals surface area contributed by atoms with Crippen molar-refractivity contribution in [3.8, 4) is 0 Å². The first-order chi connectivity index (χ1) is 7.58. The molecule has 2 N–H and O–H groups in total. The lowest BCUT2D eigenvalue weighted by Crippen LogP contribution is -2.41. The predicted molar refractivity (Wildman–Crippen MR) is 63.2 cm³/mol. The highest BCUT2D eigenvalue weighted by atomic mass is 32.1. The Kier molecular flexibility index (Phi) is 4.85. The fraction of sp³-hybridized carbons (Fsp3) is 0.600. The molecule has 0 aliphatic rings. The normalized spacial score (nSPS) is 12.5. The van der Waals surface area contributed by atoms with Crippen LogP contribution in [0.3, 0.4) is 0 Å². The number of nitrogens with two attached hydrogens (primary N) is 1. The van der Waals surface area contributed by atoms with E-state index in [1.807, 2.05) is 12.3 Å². The Balaban J connectivity index is 2.57. The number of ether oxygens (including phenoxy) is 1. The standard InChI is InChI=1S/C10H17N3O2S/c1-7-12-8(6-16-7)5-13(2)10(14)9(4-11)15-3/h6,9H,4-5,11H2,1-3H3. The van der Waals surface area contributed by atoms with Crippen LogP contribution in [0.15, 0.2) is 5.38 Å². The molecule has 1 rings (SSSR count). The molecule has 0 aliphatic carbocycles. The minimum absolute atomic E-state index is 0.115. The summed E-state index contributed by atoms with van der Waals surface area (Å²) in [6.45, 7) is 2.62. The zero-order valence-electron chi connectivity index (χ0n) is 9.77. The quantitative estimate of drug-likeness (QED) is 0.812. The first kappa shape index (κ1) is 13.1. The maximum Gasteiger partial charge on any atom is 0.253 e. The minimum atomic E-state index is -0.565. The molecular formula is C10H17N3O2S. The van der Waals surface area contributed by atoms with Crippen LogP contribution in [0.4, 0.5) is 0 Å². The van der Waals surface area contributed by atoms with Crippen LogP contribution in [-0.2, 0) is 16.1 Å². The number of amides is 1. The number of carbonyl (C=O) groups is 1. The molecule has 0 bridgehead atoms. The van der Waals surface area contributed by atoms with Crippen molar-refractivity contribution >= 4 is 17.2 Å². The van der Waals surface area contributed by atoms with Gasteiger partial charge in [-0.3, -0.25) is 4.79 Å². The smallest absolute Gasteiger partial charge is 0.253 e. The number of carbonyl (C=O) groups excluding carboxylic acids is 1. The molecule has 1 heterocycles. The van der Waals surface area contributed by atoms with Crippen LogP contribution >= 0.6 is 11.3 Å². The Morgan fingerprint density at radius 3 is 2.88 bits per heavy atom. The van der Waals surface area contributed by atoms with E-state index in [0.717, 1.165) is 10.7 Å². The van der Waals surface area contributed by atoms with Gasteiger partial charge in [-0.1, -0.05) is 0 Å². The maximum absolute atomic E-state index is 11.8. The molecule has 5 nitrogen and oxygen atoms in total. The highest BCUT2D eigenvalue weighted by Crippen LogP contribution is 2.10. The van der Waals surface area contributed by atoms with Gasteiger partial charge in [0, 0.05) is 26.1 Å². The molecule has 0 radical (unpaired) electrons. The molecule has 1 amide bonds. The van der Waals surface area contributed by atoms with Gasteiger partial charge in [0.1, 0.15) is 6.10 Å². The predicted octanol–water partition coefficient (Wildman–Crippen LogP) is 0.384. The van der Waals surface area contributed by atoms with Gasteiger partial charge in [-0.2, -0.15) is 0 Å². The second-order valence-electron chi connectivity index (χ2n) is 3.51. The number of nitrogens with zero attached hydrogens (tertiary/aromatic N) is 2. The van der Waals surface area contributed by atoms with Crippen molar-refractivity contribution in [3.05, 3.63) is 16.1 Å². The Morgan fingerprint density at radius 2 is 2.44 bits per heavy atom. The van der Waals surface area contributed by atoms with E-state index in [-0.39, 0.29) is 12.5 Å². The SMILES string of the molecule is COC(CN)C(=O)N(C)Cc1csc(C)n1. The first-order valence-electron chi connectivity index (χ1n) is 4.97. The van der Waals surface area contributed by atoms with Crippen molar-refractivity contribution < 1.29 is 9.53 Å². The van der Waals surface area contributed by atoms with E-state index in [1.54, 1.807) is 23.3 Å². The topological polar surface area (TPSA) is 68.5 Å². The van der Waals surface area contributed by atoms with Gasteiger partial charge in [0.15, 0.2) is 0 Å². The Morgan fingerprint density at radius 1 is 1.75 bits per heavy atom. The summed E-state index contributed by atoms with van der Waals surface area (Å²) in [4.78, 5) is 17.7. The van der Waals surface area contributed by atoms with E-state index < -0.39 is 6.10 Å². The lowest BCUT2D eigenvalue weighted by molar-refractivity contribution is -0.140. The lowest BCUT2D eigenvalue weighted by atomic mass is 10.3. The van der Waals surface area contributed by atoms with Gasteiger partial charge in [0.05, 0.1) is 17.2 Å². The van der Waals surface area contributed by atoms with E-state index in [0.29, 0.717) is 6.54 Å². The van der Waals surface area contributed by atoms with E-state index >= 15 is 0 Å². The van der Waals surface area contributed by atoms with Crippen LogP contribution in [0.2, 0.25) is 0 Å². The zero-order valence-corrected chi connectivity index (χ0v) is 10.6. The summed E-state index contributed by atoms with van der Waals surface area (Å²) in [6.07, 6.45) is -0.565. The van der Waals surface area contributed by atoms with Crippen molar-refractivity contribution in [2.45, 2.75) is 19.6 Å². The third-order valence-corrected chi connectivity index (χ3v) is 3.04. The van der Waals surface area contributed by atoms with Gasteiger partial charge in [0.2, 0.25) is 0 Å². The number of aromatic nitrogens is 1. The third kappa shape index (κ3) is 3.26. The van der Waals surface area contributed by atoms with Crippen LogP contribution in [0, 0.1) is 6.92 Å². The number of rotatable bonds is 5. The molecule has 1 unspecified atom stereocenters. The van der Waals surface area contributed by atoms with Crippen LogP contribution in [0.25, 0.3) is 0 Å². The van der Waals surface area contributed by atoms with Gasteiger partial charge < -0.3 is 15.4 Å². The Labute approximate surface area is 99.2 Å². The molecule has 0 aromatic carbocycles. The fourth-order valence-electron chi connectivity index (χ4n) is 1.35. The highest BCUT2D eigenvalue weighted by Gasteiger charge is 2.20. The fourth-order valence-corrected chi connectivity index (χ4v) is 1.95. The summed E-state index contributed by atoms with van der Waals surface area (Å²) >= 11 is 1.57. The molecule has 90 valence electrons. The van der Waals surface area contributed by atoms with Crippen LogP contribution in [0.1, 0.15) is 10.7 Å². The number of hydrogen-bond acceptors (Lipinski definition) is 5. The summed E-state index contributed by atoms with van der Waals surface area (Å²) in [5.74, 6) is -0.115. The van der Waals surface area contributed by atoms with Crippen molar-refractivity contribution in [2.75, 3.05) is 20.7 Å². The molecule has 1 atom stereocenters. The Hall–Kier alpha value is -0.980. The van der Waals surface area contributed by atoms with Crippen molar-refractivity contribution in [2.24, 2.45) is 5.73 Å². The van der Waals surface area contributed by atoms with Gasteiger partial charge in [-0.15, -0.1) is 11.3 Å². The first-order valence-corrected chi connectivity index (χ1v) is 5.85. The second kappa shape index (κ2) is 5.93. The van der Waals surface area contributed by atoms with E-state index in [2.05, 4.69) is 4.98 Å². The van der Waals surface area contributed by atoms with E-state index in [4.69, 9.17) is 10.5 Å². The summed E-state index contributed by atoms with van der Waals surface area (Å²) in [5, 5.41) is 2.95. The van der Waals surface area contributed by atoms with Crippen molar-refractivity contribution in [1.29, 1.82) is 0 Å². The average Bonchev–Trinajstić information content (AvgIpc) is 2.65. The van der Waals surface area contributed by atoms with E-state index in [9.17, 15) is 4.79 Å². The van der Waals surface area contributed by atoms with Gasteiger partial charge in [-0.25, -0.2) is 4.98 Å². The molecule has 0 spiro atoms. The minimum Gasteiger partial charge on any atom is -0.370 e. The molecule has 1 aromatic rings. The monoisotopic (exact) mass is 243 g/mol. The van der Waals surface area contributed by atoms with E-state index in [1.165, 1.54) is 7.11 Å². The summed E-state index contributed by atoms with van der Waals surface area (Å²) in [6, 6.07) is 0. The molecule has 0 fully saturated rings. The van der Waals surface area contributed by atoms with Crippen LogP contribution < -0.4 is 5.73 Å². The summed E-state index contributed by atoms with van der Waals surface area (Å²) < 4.78 is 4.99. The molecule has 16 heavy (non-hydrogen) atoms. The number of likely N-dealkylation sites (N-methyl/N-ethyl adjacent to an activating group) is 1. The molecule has 0 aliphatic heterocycles.